The molecule has 2 N–H and O–H groups in total. The van der Waals surface area contributed by atoms with E-state index in [1.807, 2.05) is 11.8 Å². The molecule has 0 aliphatic carbocycles. The first-order valence-electron chi connectivity index (χ1n) is 8.99. The summed E-state index contributed by atoms with van der Waals surface area (Å²) >= 11 is 0. The van der Waals surface area contributed by atoms with Crippen LogP contribution in [0.2, 0.25) is 0 Å². The number of rotatable bonds is 7. The van der Waals surface area contributed by atoms with E-state index in [9.17, 15) is 18.0 Å². The van der Waals surface area contributed by atoms with Gasteiger partial charge in [0.15, 0.2) is 5.82 Å². The Morgan fingerprint density at radius 2 is 2.11 bits per heavy atom. The van der Waals surface area contributed by atoms with Crippen LogP contribution in [0, 0.1) is 6.92 Å². The van der Waals surface area contributed by atoms with Gasteiger partial charge in [-0.3, -0.25) is 14.8 Å². The number of benzene rings is 1. The van der Waals surface area contributed by atoms with Crippen LogP contribution in [0.15, 0.2) is 24.3 Å². The van der Waals surface area contributed by atoms with Crippen molar-refractivity contribution in [3.63, 3.8) is 0 Å². The molecule has 28 heavy (non-hydrogen) atoms. The number of H-pyrrole nitrogens is 1. The van der Waals surface area contributed by atoms with E-state index in [1.165, 1.54) is 12.1 Å². The fourth-order valence-corrected chi connectivity index (χ4v) is 3.09. The van der Waals surface area contributed by atoms with Crippen LogP contribution >= 0.6 is 0 Å². The van der Waals surface area contributed by atoms with Gasteiger partial charge >= 0.3 is 6.18 Å². The molecule has 0 spiro atoms. The van der Waals surface area contributed by atoms with Gasteiger partial charge < -0.3 is 10.1 Å². The molecular formula is C18H22F3N5O2. The number of likely N-dealkylation sites (tertiary alicyclic amines) is 1. The Bertz CT molecular complexity index is 791. The van der Waals surface area contributed by atoms with Crippen LogP contribution in [0.4, 0.5) is 13.2 Å². The fourth-order valence-electron chi connectivity index (χ4n) is 3.09. The second kappa shape index (κ2) is 8.59. The third-order valence-corrected chi connectivity index (χ3v) is 4.49. The monoisotopic (exact) mass is 397 g/mol. The van der Waals surface area contributed by atoms with Crippen molar-refractivity contribution >= 4 is 5.91 Å². The summed E-state index contributed by atoms with van der Waals surface area (Å²) in [5.74, 6) is 1.99. The molecule has 0 bridgehead atoms. The highest BCUT2D eigenvalue weighted by atomic mass is 19.4. The first kappa shape index (κ1) is 20.1. The third-order valence-electron chi connectivity index (χ3n) is 4.49. The zero-order valence-corrected chi connectivity index (χ0v) is 15.4. The number of nitrogens with one attached hydrogen (secondary N) is 2. The van der Waals surface area contributed by atoms with Crippen molar-refractivity contribution < 1.29 is 22.7 Å². The van der Waals surface area contributed by atoms with Crippen LogP contribution in [0.25, 0.3) is 0 Å². The Morgan fingerprint density at radius 3 is 2.75 bits per heavy atom. The lowest BCUT2D eigenvalue weighted by atomic mass is 10.1. The van der Waals surface area contributed by atoms with Crippen molar-refractivity contribution in [1.29, 1.82) is 0 Å². The summed E-state index contributed by atoms with van der Waals surface area (Å²) in [5, 5.41) is 9.76. The normalized spacial score (nSPS) is 17.6. The van der Waals surface area contributed by atoms with E-state index in [2.05, 4.69) is 20.5 Å². The highest BCUT2D eigenvalue weighted by molar-refractivity contribution is 5.78. The van der Waals surface area contributed by atoms with E-state index in [1.54, 1.807) is 0 Å². The molecule has 7 nitrogen and oxygen atoms in total. The number of hydrogen-bond donors (Lipinski definition) is 2. The molecule has 10 heteroatoms. The maximum absolute atomic E-state index is 12.5. The van der Waals surface area contributed by atoms with Gasteiger partial charge in [-0.2, -0.15) is 18.3 Å². The standard InChI is InChI=1S/C18H22F3N5O2/c1-12-23-17(25-24-12)13-6-8-26(10-13)11-16(27)22-7-9-28-15-4-2-14(3-5-15)18(19,20)21/h2-5,13H,6-11H2,1H3,(H,22,27)(H,23,24,25). The largest absolute Gasteiger partial charge is 0.492 e. The second-order valence-corrected chi connectivity index (χ2v) is 6.72. The Morgan fingerprint density at radius 1 is 1.36 bits per heavy atom. The minimum absolute atomic E-state index is 0.122. The molecule has 0 radical (unpaired) electrons. The van der Waals surface area contributed by atoms with Crippen molar-refractivity contribution in [3.05, 3.63) is 41.5 Å². The summed E-state index contributed by atoms with van der Waals surface area (Å²) in [6.07, 6.45) is -3.46. The number of ether oxygens (including phenoxy) is 1. The van der Waals surface area contributed by atoms with Crippen LogP contribution in [0.1, 0.15) is 29.6 Å². The molecule has 2 heterocycles. The molecule has 2 aromatic rings. The fraction of sp³-hybridized carbons (Fsp3) is 0.500. The van der Waals surface area contributed by atoms with Gasteiger partial charge in [0.1, 0.15) is 18.2 Å². The van der Waals surface area contributed by atoms with Gasteiger partial charge in [-0.15, -0.1) is 0 Å². The topological polar surface area (TPSA) is 83.1 Å². The molecule has 1 amide bonds. The molecule has 1 aliphatic rings. The lowest BCUT2D eigenvalue weighted by Crippen LogP contribution is -2.37. The van der Waals surface area contributed by atoms with Crippen LogP contribution in [-0.4, -0.2) is 58.8 Å². The van der Waals surface area contributed by atoms with E-state index >= 15 is 0 Å². The maximum Gasteiger partial charge on any atom is 0.416 e. The summed E-state index contributed by atoms with van der Waals surface area (Å²) < 4.78 is 42.9. The molecule has 3 rings (SSSR count). The number of carbonyl (C=O) groups is 1. The zero-order chi connectivity index (χ0) is 20.1. The smallest absolute Gasteiger partial charge is 0.416 e. The van der Waals surface area contributed by atoms with E-state index < -0.39 is 11.7 Å². The van der Waals surface area contributed by atoms with E-state index in [4.69, 9.17) is 4.74 Å². The molecule has 1 unspecified atom stereocenters. The molecular weight excluding hydrogens is 375 g/mol. The number of carbonyl (C=O) groups excluding carboxylic acids is 1. The predicted molar refractivity (Wildman–Crippen MR) is 94.9 cm³/mol. The first-order valence-corrected chi connectivity index (χ1v) is 8.99. The van der Waals surface area contributed by atoms with Gasteiger partial charge in [-0.25, -0.2) is 4.98 Å². The van der Waals surface area contributed by atoms with Crippen molar-refractivity contribution in [2.45, 2.75) is 25.4 Å². The number of nitrogens with zero attached hydrogens (tertiary/aromatic N) is 3. The summed E-state index contributed by atoms with van der Waals surface area (Å²) in [6, 6.07) is 4.46. The highest BCUT2D eigenvalue weighted by Gasteiger charge is 2.30. The third kappa shape index (κ3) is 5.44. The lowest BCUT2D eigenvalue weighted by Gasteiger charge is -2.15. The Balaban J connectivity index is 1.34. The molecule has 152 valence electrons. The number of aryl methyl sites for hydroxylation is 1. The zero-order valence-electron chi connectivity index (χ0n) is 15.4. The van der Waals surface area contributed by atoms with E-state index in [-0.39, 0.29) is 31.5 Å². The second-order valence-electron chi connectivity index (χ2n) is 6.72. The van der Waals surface area contributed by atoms with E-state index in [0.29, 0.717) is 5.75 Å². The summed E-state index contributed by atoms with van der Waals surface area (Å²) in [7, 11) is 0. The minimum atomic E-state index is -4.37. The maximum atomic E-state index is 12.5. The van der Waals surface area contributed by atoms with Crippen LogP contribution < -0.4 is 10.1 Å². The Hall–Kier alpha value is -2.62. The number of hydrogen-bond acceptors (Lipinski definition) is 5. The van der Waals surface area contributed by atoms with Crippen LogP contribution in [0.3, 0.4) is 0 Å². The van der Waals surface area contributed by atoms with Crippen molar-refractivity contribution in [2.24, 2.45) is 0 Å². The number of halogens is 3. The molecule has 1 aromatic heterocycles. The molecule has 0 saturated carbocycles. The van der Waals surface area contributed by atoms with Crippen molar-refractivity contribution in [3.8, 4) is 5.75 Å². The van der Waals surface area contributed by atoms with Gasteiger partial charge in [0.2, 0.25) is 5.91 Å². The van der Waals surface area contributed by atoms with Crippen LogP contribution in [0.5, 0.6) is 5.75 Å². The molecule has 1 aromatic carbocycles. The average molecular weight is 397 g/mol. The number of aromatic nitrogens is 3. The highest BCUT2D eigenvalue weighted by Crippen LogP contribution is 2.30. The SMILES string of the molecule is Cc1nc(C2CCN(CC(=O)NCCOc3ccc(C(F)(F)F)cc3)C2)n[nH]1. The van der Waals surface area contributed by atoms with Crippen molar-refractivity contribution in [1.82, 2.24) is 25.4 Å². The molecule has 1 saturated heterocycles. The lowest BCUT2D eigenvalue weighted by molar-refractivity contribution is -0.137. The number of amides is 1. The van der Waals surface area contributed by atoms with Gasteiger partial charge in [0, 0.05) is 12.5 Å². The summed E-state index contributed by atoms with van der Waals surface area (Å²) in [5.41, 5.74) is -0.725. The summed E-state index contributed by atoms with van der Waals surface area (Å²) in [6.45, 7) is 4.11. The van der Waals surface area contributed by atoms with Crippen LogP contribution in [-0.2, 0) is 11.0 Å². The van der Waals surface area contributed by atoms with Gasteiger partial charge in [-0.1, -0.05) is 0 Å². The average Bonchev–Trinajstić information content (AvgIpc) is 3.27. The van der Waals surface area contributed by atoms with Crippen molar-refractivity contribution in [2.75, 3.05) is 32.8 Å². The predicted octanol–water partition coefficient (Wildman–Crippen LogP) is 2.12. The minimum Gasteiger partial charge on any atom is -0.492 e. The number of alkyl halides is 3. The number of aromatic amines is 1. The molecule has 1 fully saturated rings. The molecule has 1 atom stereocenters. The summed E-state index contributed by atoms with van der Waals surface area (Å²) in [4.78, 5) is 18.4. The van der Waals surface area contributed by atoms with Gasteiger partial charge in [0.25, 0.3) is 0 Å². The van der Waals surface area contributed by atoms with Gasteiger partial charge in [-0.05, 0) is 44.2 Å². The Kier molecular flexibility index (Phi) is 6.18. The van der Waals surface area contributed by atoms with E-state index in [0.717, 1.165) is 43.3 Å². The Labute approximate surface area is 160 Å². The first-order chi connectivity index (χ1) is 13.3. The molecule has 1 aliphatic heterocycles. The quantitative estimate of drug-likeness (QED) is 0.700. The van der Waals surface area contributed by atoms with Gasteiger partial charge in [0.05, 0.1) is 18.7 Å².